The minimum absolute atomic E-state index is 0.0617. The van der Waals surface area contributed by atoms with Crippen LogP contribution < -0.4 is 0 Å². The zero-order valence-corrected chi connectivity index (χ0v) is 42.9. The summed E-state index contributed by atoms with van der Waals surface area (Å²) < 4.78 is 16.8. The number of rotatable bonds is 53. The highest BCUT2D eigenvalue weighted by Gasteiger charge is 2.19. The van der Waals surface area contributed by atoms with E-state index in [1.165, 1.54) is 231 Å². The summed E-state index contributed by atoms with van der Waals surface area (Å²) in [5.74, 6) is -0.840. The minimum atomic E-state index is -0.759. The van der Waals surface area contributed by atoms with Crippen LogP contribution in [0.2, 0.25) is 0 Å². The Morgan fingerprint density at radius 2 is 0.429 bits per heavy atom. The van der Waals surface area contributed by atoms with Crippen molar-refractivity contribution in [2.75, 3.05) is 13.2 Å². The average Bonchev–Trinajstić information content (AvgIpc) is 3.28. The fourth-order valence-corrected chi connectivity index (χ4v) is 8.80. The van der Waals surface area contributed by atoms with Crippen molar-refractivity contribution >= 4 is 17.9 Å². The largest absolute Gasteiger partial charge is 0.462 e. The second kappa shape index (κ2) is 53.0. The molecule has 0 aromatic carbocycles. The number of esters is 3. The van der Waals surface area contributed by atoms with Gasteiger partial charge in [-0.2, -0.15) is 0 Å². The van der Waals surface area contributed by atoms with Crippen LogP contribution in [0.15, 0.2) is 0 Å². The zero-order valence-electron chi connectivity index (χ0n) is 42.9. The third-order valence-corrected chi connectivity index (χ3v) is 13.1. The molecule has 6 heteroatoms. The fraction of sp³-hybridized carbons (Fsp3) is 0.947. The van der Waals surface area contributed by atoms with Gasteiger partial charge < -0.3 is 14.2 Å². The Balaban J connectivity index is 4.12. The van der Waals surface area contributed by atoms with E-state index in [-0.39, 0.29) is 31.1 Å². The summed E-state index contributed by atoms with van der Waals surface area (Å²) in [5, 5.41) is 0. The maximum absolute atomic E-state index is 12.8. The molecule has 374 valence electrons. The Kier molecular flexibility index (Phi) is 51.7. The quantitative estimate of drug-likeness (QED) is 0.0344. The molecule has 0 rings (SSSR count). The van der Waals surface area contributed by atoms with Gasteiger partial charge in [-0.25, -0.2) is 0 Å². The van der Waals surface area contributed by atoms with Crippen molar-refractivity contribution in [2.24, 2.45) is 0 Å². The molecule has 0 amide bonds. The van der Waals surface area contributed by atoms with Gasteiger partial charge in [-0.05, 0) is 19.3 Å². The summed E-state index contributed by atoms with van der Waals surface area (Å²) in [6.07, 6.45) is 58.2. The van der Waals surface area contributed by atoms with Crippen molar-refractivity contribution in [3.8, 4) is 0 Å². The summed E-state index contributed by atoms with van der Waals surface area (Å²) in [7, 11) is 0. The molecule has 0 radical (unpaired) electrons. The molecule has 0 fully saturated rings. The van der Waals surface area contributed by atoms with Gasteiger partial charge in [-0.1, -0.05) is 290 Å². The smallest absolute Gasteiger partial charge is 0.306 e. The second-order valence-electron chi connectivity index (χ2n) is 19.6. The topological polar surface area (TPSA) is 78.9 Å². The first-order valence-corrected chi connectivity index (χ1v) is 28.5. The molecule has 1 atom stereocenters. The SMILES string of the molecule is CCCCCCCCCCCCCCCCCCCCCCCCCC(=O)OCC(COC(=O)CCCCCCCCCCC)OC(=O)CCCCCCCCCCCCCCC. The van der Waals surface area contributed by atoms with Gasteiger partial charge in [-0.15, -0.1) is 0 Å². The Bertz CT molecular complexity index is 936. The predicted octanol–water partition coefficient (Wildman–Crippen LogP) is 18.8. The van der Waals surface area contributed by atoms with Crippen LogP contribution >= 0.6 is 0 Å². The van der Waals surface area contributed by atoms with Gasteiger partial charge in [0.2, 0.25) is 0 Å². The monoisotopic (exact) mass is 891 g/mol. The number of hydrogen-bond donors (Lipinski definition) is 0. The summed E-state index contributed by atoms with van der Waals surface area (Å²) in [6, 6.07) is 0. The molecule has 0 aromatic rings. The van der Waals surface area contributed by atoms with Crippen molar-refractivity contribution in [1.29, 1.82) is 0 Å². The highest BCUT2D eigenvalue weighted by Crippen LogP contribution is 2.18. The standard InChI is InChI=1S/C57H110O6/c1-4-7-10-13-16-19-21-23-24-25-26-27-28-29-30-31-32-34-35-38-41-44-47-50-56(59)62-53-54(52-61-55(58)49-46-43-40-37-18-15-12-9-6-3)63-57(60)51-48-45-42-39-36-33-22-20-17-14-11-8-5-2/h54H,4-53H2,1-3H3. The van der Waals surface area contributed by atoms with E-state index in [4.69, 9.17) is 14.2 Å². The van der Waals surface area contributed by atoms with Gasteiger partial charge in [0.15, 0.2) is 6.10 Å². The van der Waals surface area contributed by atoms with Crippen LogP contribution in [0.1, 0.15) is 329 Å². The van der Waals surface area contributed by atoms with E-state index in [0.29, 0.717) is 19.3 Å². The molecule has 63 heavy (non-hydrogen) atoms. The van der Waals surface area contributed by atoms with Crippen molar-refractivity contribution in [1.82, 2.24) is 0 Å². The van der Waals surface area contributed by atoms with Crippen molar-refractivity contribution in [3.63, 3.8) is 0 Å². The van der Waals surface area contributed by atoms with Gasteiger partial charge in [0.1, 0.15) is 13.2 Å². The first-order chi connectivity index (χ1) is 31.0. The molecule has 6 nitrogen and oxygen atoms in total. The third kappa shape index (κ3) is 51.3. The molecule has 0 spiro atoms. The van der Waals surface area contributed by atoms with E-state index in [0.717, 1.165) is 57.8 Å². The van der Waals surface area contributed by atoms with Crippen LogP contribution in [0.4, 0.5) is 0 Å². The molecule has 0 aliphatic rings. The molecule has 0 saturated heterocycles. The minimum Gasteiger partial charge on any atom is -0.462 e. The van der Waals surface area contributed by atoms with E-state index in [1.807, 2.05) is 0 Å². The molecule has 0 aromatic heterocycles. The molecular weight excluding hydrogens is 781 g/mol. The maximum atomic E-state index is 12.8. The summed E-state index contributed by atoms with van der Waals surface area (Å²) in [5.41, 5.74) is 0. The van der Waals surface area contributed by atoms with Gasteiger partial charge in [0.25, 0.3) is 0 Å². The van der Waals surface area contributed by atoms with Gasteiger partial charge >= 0.3 is 17.9 Å². The second-order valence-corrected chi connectivity index (χ2v) is 19.6. The highest BCUT2D eigenvalue weighted by atomic mass is 16.6. The maximum Gasteiger partial charge on any atom is 0.306 e. The first-order valence-electron chi connectivity index (χ1n) is 28.5. The molecular formula is C57H110O6. The number of hydrogen-bond acceptors (Lipinski definition) is 6. The number of unbranched alkanes of at least 4 members (excludes halogenated alkanes) is 42. The van der Waals surface area contributed by atoms with Crippen molar-refractivity contribution in [3.05, 3.63) is 0 Å². The fourth-order valence-electron chi connectivity index (χ4n) is 8.80. The highest BCUT2D eigenvalue weighted by molar-refractivity contribution is 5.71. The summed E-state index contributed by atoms with van der Waals surface area (Å²) in [4.78, 5) is 37.9. The Labute approximate surface area is 393 Å². The summed E-state index contributed by atoms with van der Waals surface area (Å²) in [6.45, 7) is 6.68. The normalized spacial score (nSPS) is 11.9. The van der Waals surface area contributed by atoms with Crippen LogP contribution in [0.25, 0.3) is 0 Å². The van der Waals surface area contributed by atoms with Gasteiger partial charge in [-0.3, -0.25) is 14.4 Å². The lowest BCUT2D eigenvalue weighted by Gasteiger charge is -2.18. The zero-order chi connectivity index (χ0) is 45.8. The molecule has 0 N–H and O–H groups in total. The molecule has 1 unspecified atom stereocenters. The van der Waals surface area contributed by atoms with Crippen LogP contribution in [0, 0.1) is 0 Å². The van der Waals surface area contributed by atoms with Gasteiger partial charge in [0.05, 0.1) is 0 Å². The van der Waals surface area contributed by atoms with Crippen LogP contribution in [-0.4, -0.2) is 37.2 Å². The number of carbonyl (C=O) groups is 3. The Morgan fingerprint density at radius 3 is 0.635 bits per heavy atom. The first kappa shape index (κ1) is 61.4. The van der Waals surface area contributed by atoms with Crippen LogP contribution in [0.5, 0.6) is 0 Å². The van der Waals surface area contributed by atoms with E-state index >= 15 is 0 Å². The predicted molar refractivity (Wildman–Crippen MR) is 270 cm³/mol. The number of carbonyl (C=O) groups excluding carboxylic acids is 3. The molecule has 0 bridgehead atoms. The summed E-state index contributed by atoms with van der Waals surface area (Å²) >= 11 is 0. The number of ether oxygens (including phenoxy) is 3. The molecule has 0 aliphatic heterocycles. The molecule has 0 saturated carbocycles. The molecule has 0 heterocycles. The van der Waals surface area contributed by atoms with E-state index in [1.54, 1.807) is 0 Å². The molecule has 0 aliphatic carbocycles. The van der Waals surface area contributed by atoms with Crippen molar-refractivity contribution in [2.45, 2.75) is 335 Å². The average molecular weight is 892 g/mol. The van der Waals surface area contributed by atoms with Crippen molar-refractivity contribution < 1.29 is 28.6 Å². The van der Waals surface area contributed by atoms with E-state index in [9.17, 15) is 14.4 Å². The lowest BCUT2D eigenvalue weighted by molar-refractivity contribution is -0.167. The third-order valence-electron chi connectivity index (χ3n) is 13.1. The lowest BCUT2D eigenvalue weighted by Crippen LogP contribution is -2.30. The Hall–Kier alpha value is -1.59. The lowest BCUT2D eigenvalue weighted by atomic mass is 10.0. The van der Waals surface area contributed by atoms with Crippen LogP contribution in [-0.2, 0) is 28.6 Å². The Morgan fingerprint density at radius 1 is 0.254 bits per heavy atom. The van der Waals surface area contributed by atoms with Crippen LogP contribution in [0.3, 0.4) is 0 Å². The van der Waals surface area contributed by atoms with E-state index in [2.05, 4.69) is 20.8 Å². The van der Waals surface area contributed by atoms with E-state index < -0.39 is 6.10 Å². The van der Waals surface area contributed by atoms with Gasteiger partial charge in [0, 0.05) is 19.3 Å².